The van der Waals surface area contributed by atoms with E-state index in [9.17, 15) is 4.79 Å². The van der Waals surface area contributed by atoms with Crippen LogP contribution in [0.25, 0.3) is 16.6 Å². The number of carbonyl (C=O) groups is 1. The molecule has 0 spiro atoms. The van der Waals surface area contributed by atoms with Gasteiger partial charge in [-0.05, 0) is 44.9 Å². The number of hydrogen-bond acceptors (Lipinski definition) is 4. The molecule has 6 nitrogen and oxygen atoms in total. The second-order valence-corrected chi connectivity index (χ2v) is 8.25. The molecule has 5 rings (SSSR count). The van der Waals surface area contributed by atoms with E-state index in [0.29, 0.717) is 13.0 Å². The highest BCUT2D eigenvalue weighted by molar-refractivity contribution is 6.11. The van der Waals surface area contributed by atoms with Gasteiger partial charge < -0.3 is 9.74 Å². The van der Waals surface area contributed by atoms with Gasteiger partial charge in [0.15, 0.2) is 6.10 Å². The van der Waals surface area contributed by atoms with Crippen LogP contribution in [0.2, 0.25) is 0 Å². The van der Waals surface area contributed by atoms with Gasteiger partial charge in [0.25, 0.3) is 5.91 Å². The lowest BCUT2D eigenvalue weighted by Crippen LogP contribution is -2.36. The van der Waals surface area contributed by atoms with E-state index in [1.165, 1.54) is 16.7 Å². The molecule has 1 aromatic heterocycles. The van der Waals surface area contributed by atoms with E-state index in [-0.39, 0.29) is 12.0 Å². The number of carbonyl (C=O) groups excluding carboxylic acids is 1. The van der Waals surface area contributed by atoms with Crippen molar-refractivity contribution in [2.45, 2.75) is 40.2 Å². The van der Waals surface area contributed by atoms with Gasteiger partial charge in [0.1, 0.15) is 0 Å². The molecule has 1 atom stereocenters. The van der Waals surface area contributed by atoms with Crippen molar-refractivity contribution in [3.8, 4) is 0 Å². The van der Waals surface area contributed by atoms with Crippen molar-refractivity contribution < 1.29 is 9.63 Å². The highest BCUT2D eigenvalue weighted by Crippen LogP contribution is 2.33. The monoisotopic (exact) mass is 400 g/mol. The number of aromatic nitrogens is 2. The lowest BCUT2D eigenvalue weighted by Gasteiger charge is -2.23. The summed E-state index contributed by atoms with van der Waals surface area (Å²) in [6.07, 6.45) is 3.95. The van der Waals surface area contributed by atoms with Crippen LogP contribution in [0.4, 0.5) is 5.69 Å². The Morgan fingerprint density at radius 2 is 1.90 bits per heavy atom. The number of amides is 1. The van der Waals surface area contributed by atoms with Crippen LogP contribution in [0.15, 0.2) is 47.8 Å². The standard InChI is InChI=1S/C24H24N4O2/c1-14-8-15(2)23(16(3)9-14)20-11-19(30-26-20)13-27-21-7-5-6-18-12-25-28(24(18)21)17(4)10-22(27)29/h5-10,12,19H,11,13H2,1-4H3. The molecule has 2 aromatic carbocycles. The SMILES string of the molecule is CC1=CC(=O)N(CC2CC(c3c(C)cc(C)cc3C)=NO2)c2cccc3cnn1c23. The zero-order valence-electron chi connectivity index (χ0n) is 17.6. The van der Waals surface area contributed by atoms with E-state index in [1.807, 2.05) is 36.0 Å². The molecule has 1 unspecified atom stereocenters. The molecule has 0 N–H and O–H groups in total. The molecule has 2 aliphatic rings. The highest BCUT2D eigenvalue weighted by atomic mass is 16.6. The summed E-state index contributed by atoms with van der Waals surface area (Å²) in [5.74, 6) is -0.0646. The van der Waals surface area contributed by atoms with E-state index in [0.717, 1.165) is 33.6 Å². The Balaban J connectivity index is 1.45. The van der Waals surface area contributed by atoms with Gasteiger partial charge in [-0.2, -0.15) is 5.10 Å². The van der Waals surface area contributed by atoms with Gasteiger partial charge in [-0.25, -0.2) is 4.68 Å². The maximum atomic E-state index is 13.0. The van der Waals surface area contributed by atoms with Crippen molar-refractivity contribution in [1.82, 2.24) is 9.78 Å². The van der Waals surface area contributed by atoms with Crippen molar-refractivity contribution in [3.63, 3.8) is 0 Å². The van der Waals surface area contributed by atoms with E-state index >= 15 is 0 Å². The van der Waals surface area contributed by atoms with Gasteiger partial charge in [-0.3, -0.25) is 4.79 Å². The molecule has 1 amide bonds. The lowest BCUT2D eigenvalue weighted by molar-refractivity contribution is -0.114. The fraction of sp³-hybridized carbons (Fsp3) is 0.292. The molecule has 0 radical (unpaired) electrons. The molecule has 0 saturated carbocycles. The van der Waals surface area contributed by atoms with Gasteiger partial charge in [0.2, 0.25) is 0 Å². The molecular weight excluding hydrogens is 376 g/mol. The highest BCUT2D eigenvalue weighted by Gasteiger charge is 2.31. The first-order chi connectivity index (χ1) is 14.4. The summed E-state index contributed by atoms with van der Waals surface area (Å²) in [5.41, 5.74) is 8.35. The Morgan fingerprint density at radius 1 is 1.13 bits per heavy atom. The van der Waals surface area contributed by atoms with Crippen LogP contribution in [0, 0.1) is 20.8 Å². The van der Waals surface area contributed by atoms with E-state index in [4.69, 9.17) is 4.84 Å². The van der Waals surface area contributed by atoms with Crippen LogP contribution in [0.3, 0.4) is 0 Å². The number of para-hydroxylation sites is 1. The van der Waals surface area contributed by atoms with Crippen molar-refractivity contribution in [2.24, 2.45) is 5.16 Å². The molecule has 30 heavy (non-hydrogen) atoms. The van der Waals surface area contributed by atoms with Gasteiger partial charge in [0, 0.05) is 29.1 Å². The van der Waals surface area contributed by atoms with Crippen LogP contribution in [0.1, 0.15) is 35.6 Å². The quantitative estimate of drug-likeness (QED) is 0.656. The molecule has 2 aliphatic heterocycles. The normalized spacial score (nSPS) is 18.3. The number of oxime groups is 1. The smallest absolute Gasteiger partial charge is 0.252 e. The number of allylic oxidation sites excluding steroid dienone is 1. The third-order valence-electron chi connectivity index (χ3n) is 5.88. The largest absolute Gasteiger partial charge is 0.390 e. The molecule has 0 aliphatic carbocycles. The second kappa shape index (κ2) is 6.83. The van der Waals surface area contributed by atoms with Crippen molar-refractivity contribution in [1.29, 1.82) is 0 Å². The minimum Gasteiger partial charge on any atom is -0.390 e. The summed E-state index contributed by atoms with van der Waals surface area (Å²) in [6, 6.07) is 10.3. The van der Waals surface area contributed by atoms with Crippen LogP contribution in [-0.2, 0) is 9.63 Å². The Morgan fingerprint density at radius 3 is 2.67 bits per heavy atom. The van der Waals surface area contributed by atoms with E-state index in [1.54, 1.807) is 11.0 Å². The number of nitrogens with zero attached hydrogens (tertiary/aromatic N) is 4. The Hall–Kier alpha value is -3.41. The van der Waals surface area contributed by atoms with Gasteiger partial charge >= 0.3 is 0 Å². The Labute approximate surface area is 175 Å². The Kier molecular flexibility index (Phi) is 4.24. The van der Waals surface area contributed by atoms with Crippen molar-refractivity contribution in [2.75, 3.05) is 11.4 Å². The van der Waals surface area contributed by atoms with Gasteiger partial charge in [-0.15, -0.1) is 0 Å². The molecular formula is C24H24N4O2. The average Bonchev–Trinajstić information content (AvgIpc) is 3.30. The summed E-state index contributed by atoms with van der Waals surface area (Å²) in [4.78, 5) is 20.6. The first-order valence-corrected chi connectivity index (χ1v) is 10.2. The van der Waals surface area contributed by atoms with E-state index in [2.05, 4.69) is 43.2 Å². The second-order valence-electron chi connectivity index (χ2n) is 8.25. The third kappa shape index (κ3) is 2.91. The molecule has 152 valence electrons. The van der Waals surface area contributed by atoms with E-state index < -0.39 is 0 Å². The first-order valence-electron chi connectivity index (χ1n) is 10.2. The summed E-state index contributed by atoms with van der Waals surface area (Å²) in [7, 11) is 0. The number of hydrogen-bond donors (Lipinski definition) is 0. The maximum Gasteiger partial charge on any atom is 0.252 e. The fourth-order valence-electron chi connectivity index (χ4n) is 4.68. The summed E-state index contributed by atoms with van der Waals surface area (Å²) in [6.45, 7) is 8.66. The maximum absolute atomic E-state index is 13.0. The zero-order valence-corrected chi connectivity index (χ0v) is 17.6. The first kappa shape index (κ1) is 18.6. The molecule has 0 fully saturated rings. The summed E-state index contributed by atoms with van der Waals surface area (Å²) in [5, 5.41) is 9.87. The molecule has 6 heteroatoms. The van der Waals surface area contributed by atoms with Crippen molar-refractivity contribution in [3.05, 3.63) is 64.9 Å². The third-order valence-corrected chi connectivity index (χ3v) is 5.88. The van der Waals surface area contributed by atoms with Crippen LogP contribution in [0.5, 0.6) is 0 Å². The fourth-order valence-corrected chi connectivity index (χ4v) is 4.68. The van der Waals surface area contributed by atoms with Crippen molar-refractivity contribution >= 4 is 33.9 Å². The van der Waals surface area contributed by atoms with Gasteiger partial charge in [0.05, 0.1) is 29.7 Å². The minimum absolute atomic E-state index is 0.0646. The number of benzene rings is 2. The molecule has 3 aromatic rings. The molecule has 0 bridgehead atoms. The molecule has 0 saturated heterocycles. The Bertz CT molecular complexity index is 1230. The van der Waals surface area contributed by atoms with Crippen LogP contribution >= 0.6 is 0 Å². The minimum atomic E-state index is -0.192. The lowest BCUT2D eigenvalue weighted by atomic mass is 9.94. The van der Waals surface area contributed by atoms with Crippen LogP contribution in [-0.4, -0.2) is 34.0 Å². The average molecular weight is 400 g/mol. The summed E-state index contributed by atoms with van der Waals surface area (Å²) >= 11 is 0. The number of anilines is 1. The summed E-state index contributed by atoms with van der Waals surface area (Å²) < 4.78 is 1.83. The molecule has 3 heterocycles. The predicted molar refractivity (Wildman–Crippen MR) is 119 cm³/mol. The van der Waals surface area contributed by atoms with Crippen LogP contribution < -0.4 is 4.90 Å². The number of aryl methyl sites for hydroxylation is 3. The topological polar surface area (TPSA) is 59.7 Å². The zero-order chi connectivity index (χ0) is 21.0. The predicted octanol–water partition coefficient (Wildman–Crippen LogP) is 4.36. The number of rotatable bonds is 3. The van der Waals surface area contributed by atoms with Gasteiger partial charge in [-0.1, -0.05) is 35.0 Å².